The third-order valence-electron chi connectivity index (χ3n) is 9.64. The van der Waals surface area contributed by atoms with E-state index < -0.39 is 0 Å². The van der Waals surface area contributed by atoms with Crippen molar-refractivity contribution in [2.24, 2.45) is 0 Å². The second-order valence-corrected chi connectivity index (χ2v) is 12.6. The van der Waals surface area contributed by atoms with Crippen LogP contribution in [0.4, 0.5) is 0 Å². The summed E-state index contributed by atoms with van der Waals surface area (Å²) in [5.74, 6) is 0.693. The normalized spacial score (nSPS) is 11.7. The van der Waals surface area contributed by atoms with Crippen molar-refractivity contribution in [3.8, 4) is 45.0 Å². The maximum atomic E-state index is 6.90. The minimum atomic E-state index is 0.693. The van der Waals surface area contributed by atoms with Crippen molar-refractivity contribution in [2.45, 2.75) is 0 Å². The van der Waals surface area contributed by atoms with Crippen LogP contribution in [0.3, 0.4) is 0 Å². The lowest BCUT2D eigenvalue weighted by Crippen LogP contribution is -1.96. The molecule has 0 N–H and O–H groups in total. The van der Waals surface area contributed by atoms with Crippen LogP contribution in [0.15, 0.2) is 174 Å². The van der Waals surface area contributed by atoms with Gasteiger partial charge in [-0.3, -0.25) is 0 Å². The molecule has 0 aliphatic heterocycles. The van der Waals surface area contributed by atoms with Crippen molar-refractivity contribution in [3.63, 3.8) is 0 Å². The average Bonchev–Trinajstić information content (AvgIpc) is 3.57. The van der Waals surface area contributed by atoms with Gasteiger partial charge in [-0.05, 0) is 62.8 Å². The van der Waals surface area contributed by atoms with Gasteiger partial charge < -0.3 is 4.42 Å². The molecular weight excluding hydrogens is 597 g/mol. The van der Waals surface area contributed by atoms with Gasteiger partial charge in [0.05, 0.1) is 11.4 Å². The van der Waals surface area contributed by atoms with E-state index in [0.29, 0.717) is 5.82 Å². The zero-order valence-corrected chi connectivity index (χ0v) is 26.5. The van der Waals surface area contributed by atoms with Crippen molar-refractivity contribution in [3.05, 3.63) is 170 Å². The van der Waals surface area contributed by atoms with Crippen LogP contribution in [0.5, 0.6) is 0 Å². The van der Waals surface area contributed by atoms with Gasteiger partial charge in [0, 0.05) is 38.4 Å². The van der Waals surface area contributed by atoms with E-state index in [0.717, 1.165) is 71.9 Å². The molecule has 49 heavy (non-hydrogen) atoms. The summed E-state index contributed by atoms with van der Waals surface area (Å²) in [6, 6.07) is 59.7. The smallest absolute Gasteiger partial charge is 0.160 e. The molecule has 2 heterocycles. The van der Waals surface area contributed by atoms with Crippen molar-refractivity contribution < 1.29 is 4.42 Å². The Morgan fingerprint density at radius 3 is 1.67 bits per heavy atom. The van der Waals surface area contributed by atoms with Crippen LogP contribution in [-0.4, -0.2) is 9.97 Å². The molecule has 0 amide bonds. The van der Waals surface area contributed by atoms with Gasteiger partial charge in [0.1, 0.15) is 11.2 Å². The van der Waals surface area contributed by atoms with E-state index in [9.17, 15) is 0 Å². The molecule has 0 spiro atoms. The zero-order chi connectivity index (χ0) is 32.3. The van der Waals surface area contributed by atoms with Crippen LogP contribution in [0.2, 0.25) is 0 Å². The Morgan fingerprint density at radius 2 is 0.898 bits per heavy atom. The Hall–Kier alpha value is -6.58. The molecule has 0 unspecified atom stereocenters. The summed E-state index contributed by atoms with van der Waals surface area (Å²) in [5.41, 5.74) is 8.67. The van der Waals surface area contributed by atoms with Crippen molar-refractivity contribution in [1.29, 1.82) is 0 Å². The number of aromatic nitrogens is 2. The quantitative estimate of drug-likeness (QED) is 0.183. The first-order valence-electron chi connectivity index (χ1n) is 16.6. The largest absolute Gasteiger partial charge is 0.455 e. The molecule has 8 aromatic carbocycles. The van der Waals surface area contributed by atoms with E-state index in [1.807, 2.05) is 24.3 Å². The topological polar surface area (TPSA) is 38.9 Å². The van der Waals surface area contributed by atoms with E-state index in [2.05, 4.69) is 146 Å². The van der Waals surface area contributed by atoms with Crippen LogP contribution in [0.25, 0.3) is 99.3 Å². The van der Waals surface area contributed by atoms with Crippen molar-refractivity contribution in [1.82, 2.24) is 9.97 Å². The van der Waals surface area contributed by atoms with Gasteiger partial charge >= 0.3 is 0 Å². The number of benzene rings is 8. The maximum absolute atomic E-state index is 6.90. The first kappa shape index (κ1) is 27.5. The lowest BCUT2D eigenvalue weighted by Gasteiger charge is -2.12. The lowest BCUT2D eigenvalue weighted by atomic mass is 9.94. The Morgan fingerprint density at radius 1 is 0.327 bits per heavy atom. The number of hydrogen-bond donors (Lipinski definition) is 0. The summed E-state index contributed by atoms with van der Waals surface area (Å²) in [5, 5.41) is 9.30. The van der Waals surface area contributed by atoms with Gasteiger partial charge in [-0.2, -0.15) is 0 Å². The summed E-state index contributed by atoms with van der Waals surface area (Å²) in [7, 11) is 0. The minimum Gasteiger partial charge on any atom is -0.455 e. The predicted octanol–water partition coefficient (Wildman–Crippen LogP) is 12.5. The van der Waals surface area contributed by atoms with Crippen LogP contribution in [0.1, 0.15) is 0 Å². The average molecular weight is 625 g/mol. The lowest BCUT2D eigenvalue weighted by molar-refractivity contribution is 0.674. The molecule has 228 valence electrons. The molecule has 2 aromatic heterocycles. The van der Waals surface area contributed by atoms with Gasteiger partial charge in [-0.25, -0.2) is 9.97 Å². The van der Waals surface area contributed by atoms with E-state index in [1.165, 1.54) is 21.5 Å². The third kappa shape index (κ3) is 4.59. The van der Waals surface area contributed by atoms with Gasteiger partial charge in [0.2, 0.25) is 0 Å². The molecule has 0 fully saturated rings. The van der Waals surface area contributed by atoms with Gasteiger partial charge in [-0.1, -0.05) is 140 Å². The fourth-order valence-electron chi connectivity index (χ4n) is 7.21. The third-order valence-corrected chi connectivity index (χ3v) is 9.64. The van der Waals surface area contributed by atoms with Crippen LogP contribution >= 0.6 is 0 Å². The van der Waals surface area contributed by atoms with Crippen molar-refractivity contribution in [2.75, 3.05) is 0 Å². The number of hydrogen-bond acceptors (Lipinski definition) is 3. The molecule has 3 nitrogen and oxygen atoms in total. The first-order valence-corrected chi connectivity index (χ1v) is 16.6. The maximum Gasteiger partial charge on any atom is 0.160 e. The molecule has 10 rings (SSSR count). The van der Waals surface area contributed by atoms with E-state index in [-0.39, 0.29) is 0 Å². The Kier molecular flexibility index (Phi) is 6.18. The summed E-state index contributed by atoms with van der Waals surface area (Å²) in [4.78, 5) is 10.3. The fraction of sp³-hybridized carbons (Fsp3) is 0. The molecule has 0 saturated heterocycles. The Labute approximate surface area is 282 Å². The SMILES string of the molecule is c1ccc(-c2cc(-c3cc(-c4ccc5ccc6ccccc6c5c4)c4oc5c6ccccc6ccc5c4c3)nc(-c3ccccc3)n2)cc1. The highest BCUT2D eigenvalue weighted by atomic mass is 16.3. The van der Waals surface area contributed by atoms with Crippen LogP contribution in [0, 0.1) is 0 Å². The molecule has 0 bridgehead atoms. The summed E-state index contributed by atoms with van der Waals surface area (Å²) >= 11 is 0. The zero-order valence-electron chi connectivity index (χ0n) is 26.5. The highest BCUT2D eigenvalue weighted by Gasteiger charge is 2.19. The highest BCUT2D eigenvalue weighted by molar-refractivity contribution is 6.18. The molecule has 0 saturated carbocycles. The molecule has 0 aliphatic rings. The van der Waals surface area contributed by atoms with Gasteiger partial charge in [-0.15, -0.1) is 0 Å². The fourth-order valence-corrected chi connectivity index (χ4v) is 7.21. The molecule has 3 heteroatoms. The molecule has 0 aliphatic carbocycles. The molecule has 10 aromatic rings. The number of furan rings is 1. The molecule has 0 atom stereocenters. The predicted molar refractivity (Wildman–Crippen MR) is 204 cm³/mol. The molecule has 0 radical (unpaired) electrons. The highest BCUT2D eigenvalue weighted by Crippen LogP contribution is 2.43. The van der Waals surface area contributed by atoms with E-state index in [4.69, 9.17) is 14.4 Å². The van der Waals surface area contributed by atoms with E-state index >= 15 is 0 Å². The van der Waals surface area contributed by atoms with Crippen molar-refractivity contribution >= 4 is 54.3 Å². The van der Waals surface area contributed by atoms with Crippen LogP contribution in [-0.2, 0) is 0 Å². The van der Waals surface area contributed by atoms with Gasteiger partial charge in [0.15, 0.2) is 5.82 Å². The van der Waals surface area contributed by atoms with Gasteiger partial charge in [0.25, 0.3) is 0 Å². The summed E-state index contributed by atoms with van der Waals surface area (Å²) in [6.45, 7) is 0. The Bertz CT molecular complexity index is 2810. The summed E-state index contributed by atoms with van der Waals surface area (Å²) in [6.07, 6.45) is 0. The monoisotopic (exact) mass is 624 g/mol. The van der Waals surface area contributed by atoms with Crippen LogP contribution < -0.4 is 0 Å². The second-order valence-electron chi connectivity index (χ2n) is 12.6. The number of rotatable bonds is 4. The standard InChI is InChI=1S/C46H28N2O/c1-3-13-32(14-4-1)42-28-43(48-46(47-42)33-15-5-2-6-16-33)35-26-40(34-22-21-31-20-19-29-11-7-9-17-36(29)39(31)25-34)45-41(27-35)38-24-23-30-12-8-10-18-37(30)44(38)49-45/h1-28H. The van der Waals surface area contributed by atoms with E-state index in [1.54, 1.807) is 0 Å². The first-order chi connectivity index (χ1) is 24.3. The number of fused-ring (bicyclic) bond motifs is 8. The number of nitrogens with zero attached hydrogens (tertiary/aromatic N) is 2. The Balaban J connectivity index is 1.29. The minimum absolute atomic E-state index is 0.693. The summed E-state index contributed by atoms with van der Waals surface area (Å²) < 4.78 is 6.90. The molecular formula is C46H28N2O. The second kappa shape index (κ2) is 11.0.